The molecule has 0 amide bonds. The monoisotopic (exact) mass is 425 g/mol. The first-order valence-corrected chi connectivity index (χ1v) is 11.4. The van der Waals surface area contributed by atoms with Crippen LogP contribution in [0.1, 0.15) is 44.3 Å². The Morgan fingerprint density at radius 2 is 1.93 bits per heavy atom. The number of hydrogen-bond acceptors (Lipinski definition) is 7. The van der Waals surface area contributed by atoms with Crippen LogP contribution in [0.3, 0.4) is 0 Å². The summed E-state index contributed by atoms with van der Waals surface area (Å²) in [6.07, 6.45) is 1.59. The molecule has 28 heavy (non-hydrogen) atoms. The summed E-state index contributed by atoms with van der Waals surface area (Å²) in [6, 6.07) is 8.46. The number of hydrogen-bond donors (Lipinski definition) is 1. The summed E-state index contributed by atoms with van der Waals surface area (Å²) in [4.78, 5) is 25.2. The van der Waals surface area contributed by atoms with Crippen LogP contribution in [-0.4, -0.2) is 39.6 Å². The molecule has 0 radical (unpaired) electrons. The number of sulfonamides is 1. The minimum Gasteiger partial charge on any atom is -0.493 e. The van der Waals surface area contributed by atoms with Crippen LogP contribution in [0.15, 0.2) is 30.3 Å². The Balaban J connectivity index is 2.00. The van der Waals surface area contributed by atoms with Gasteiger partial charge in [0, 0.05) is 22.5 Å². The van der Waals surface area contributed by atoms with E-state index in [1.807, 2.05) is 6.92 Å². The van der Waals surface area contributed by atoms with Gasteiger partial charge < -0.3 is 9.47 Å². The zero-order valence-corrected chi connectivity index (χ0v) is 17.6. The molecule has 0 aliphatic rings. The third kappa shape index (κ3) is 6.74. The van der Waals surface area contributed by atoms with E-state index in [0.29, 0.717) is 34.8 Å². The van der Waals surface area contributed by atoms with E-state index in [9.17, 15) is 18.0 Å². The van der Waals surface area contributed by atoms with Gasteiger partial charge in [0.2, 0.25) is 10.0 Å². The fourth-order valence-electron chi connectivity index (χ4n) is 2.40. The smallest absolute Gasteiger partial charge is 0.348 e. The number of Topliss-reactive ketones (excluding diaryl/α,β-unsaturated/α-hetero) is 1. The van der Waals surface area contributed by atoms with Gasteiger partial charge in [-0.2, -0.15) is 0 Å². The molecule has 152 valence electrons. The molecule has 2 rings (SSSR count). The third-order valence-corrected chi connectivity index (χ3v) is 5.58. The van der Waals surface area contributed by atoms with Crippen molar-refractivity contribution in [2.24, 2.45) is 0 Å². The molecule has 0 bridgehead atoms. The van der Waals surface area contributed by atoms with E-state index < -0.39 is 16.0 Å². The standard InChI is InChI=1S/C19H23NO6S2/c1-4-25-17-7-5-14(13(2)21)11-15(17)12-26-19(22)18-8-6-16(27-18)9-10-20-28(3,23)24/h5-8,11,20H,4,9-10,12H2,1-3H3. The Bertz CT molecular complexity index is 949. The first kappa shape index (κ1) is 22.1. The second kappa shape index (κ2) is 9.81. The lowest BCUT2D eigenvalue weighted by molar-refractivity contribution is 0.0475. The first-order chi connectivity index (χ1) is 13.2. The highest BCUT2D eigenvalue weighted by molar-refractivity contribution is 7.88. The van der Waals surface area contributed by atoms with Gasteiger partial charge in [-0.25, -0.2) is 17.9 Å². The van der Waals surface area contributed by atoms with E-state index in [4.69, 9.17) is 9.47 Å². The van der Waals surface area contributed by atoms with E-state index in [1.54, 1.807) is 30.3 Å². The number of carbonyl (C=O) groups excluding carboxylic acids is 2. The molecule has 0 saturated heterocycles. The van der Waals surface area contributed by atoms with Gasteiger partial charge in [-0.3, -0.25) is 4.79 Å². The maximum Gasteiger partial charge on any atom is 0.348 e. The summed E-state index contributed by atoms with van der Waals surface area (Å²) in [5.74, 6) is 0.00300. The van der Waals surface area contributed by atoms with Crippen molar-refractivity contribution in [1.82, 2.24) is 4.72 Å². The van der Waals surface area contributed by atoms with Crippen molar-refractivity contribution >= 4 is 33.1 Å². The fourth-order valence-corrected chi connectivity index (χ4v) is 3.78. The zero-order chi connectivity index (χ0) is 20.7. The maximum absolute atomic E-state index is 12.3. The Morgan fingerprint density at radius 3 is 2.57 bits per heavy atom. The summed E-state index contributed by atoms with van der Waals surface area (Å²) in [5.41, 5.74) is 1.14. The minimum absolute atomic E-state index is 0.0157. The molecule has 0 unspecified atom stereocenters. The van der Waals surface area contributed by atoms with Gasteiger partial charge in [-0.15, -0.1) is 11.3 Å². The molecule has 0 spiro atoms. The van der Waals surface area contributed by atoms with Crippen LogP contribution in [0.4, 0.5) is 0 Å². The van der Waals surface area contributed by atoms with Crippen molar-refractivity contribution in [3.63, 3.8) is 0 Å². The summed E-state index contributed by atoms with van der Waals surface area (Å²) in [6.45, 7) is 4.02. The minimum atomic E-state index is -3.23. The van der Waals surface area contributed by atoms with Crippen LogP contribution >= 0.6 is 11.3 Å². The highest BCUT2D eigenvalue weighted by Gasteiger charge is 2.14. The average molecular weight is 426 g/mol. The number of benzene rings is 1. The van der Waals surface area contributed by atoms with E-state index in [2.05, 4.69) is 4.72 Å². The van der Waals surface area contributed by atoms with Crippen molar-refractivity contribution in [2.45, 2.75) is 26.9 Å². The van der Waals surface area contributed by atoms with E-state index in [0.717, 1.165) is 11.1 Å². The Morgan fingerprint density at radius 1 is 1.18 bits per heavy atom. The lowest BCUT2D eigenvalue weighted by atomic mass is 10.1. The molecule has 1 aromatic carbocycles. The van der Waals surface area contributed by atoms with Crippen molar-refractivity contribution in [1.29, 1.82) is 0 Å². The van der Waals surface area contributed by atoms with Crippen molar-refractivity contribution in [3.8, 4) is 5.75 Å². The van der Waals surface area contributed by atoms with Crippen LogP contribution in [0.25, 0.3) is 0 Å². The second-order valence-electron chi connectivity index (χ2n) is 6.07. The van der Waals surface area contributed by atoms with Crippen LogP contribution in [0, 0.1) is 0 Å². The molecule has 1 aromatic heterocycles. The molecule has 0 aliphatic heterocycles. The molecule has 0 fully saturated rings. The van der Waals surface area contributed by atoms with Gasteiger partial charge >= 0.3 is 5.97 Å². The molecular weight excluding hydrogens is 402 g/mol. The number of thiophene rings is 1. The van der Waals surface area contributed by atoms with E-state index >= 15 is 0 Å². The van der Waals surface area contributed by atoms with Crippen LogP contribution in [0.2, 0.25) is 0 Å². The normalized spacial score (nSPS) is 11.2. The number of rotatable bonds is 10. The number of nitrogens with one attached hydrogen (secondary N) is 1. The highest BCUT2D eigenvalue weighted by atomic mass is 32.2. The summed E-state index contributed by atoms with van der Waals surface area (Å²) in [7, 11) is -3.23. The molecule has 9 heteroatoms. The molecular formula is C19H23NO6S2. The molecule has 0 aliphatic carbocycles. The van der Waals surface area contributed by atoms with Gasteiger partial charge in [0.05, 0.1) is 12.9 Å². The van der Waals surface area contributed by atoms with Gasteiger partial charge in [0.15, 0.2) is 5.78 Å². The van der Waals surface area contributed by atoms with Gasteiger partial charge in [0.1, 0.15) is 17.2 Å². The van der Waals surface area contributed by atoms with Gasteiger partial charge in [-0.1, -0.05) is 0 Å². The zero-order valence-electron chi connectivity index (χ0n) is 16.0. The SMILES string of the molecule is CCOc1ccc(C(C)=O)cc1COC(=O)c1ccc(CCNS(C)(=O)=O)s1. The van der Waals surface area contributed by atoms with Gasteiger partial charge in [-0.05, 0) is 50.6 Å². The lowest BCUT2D eigenvalue weighted by Gasteiger charge is -2.11. The maximum atomic E-state index is 12.3. The highest BCUT2D eigenvalue weighted by Crippen LogP contribution is 2.23. The number of ether oxygens (including phenoxy) is 2. The molecule has 2 aromatic rings. The number of esters is 1. The Labute approximate surface area is 168 Å². The topological polar surface area (TPSA) is 98.8 Å². The summed E-state index contributed by atoms with van der Waals surface area (Å²) in [5, 5.41) is 0. The van der Waals surface area contributed by atoms with Gasteiger partial charge in [0.25, 0.3) is 0 Å². The first-order valence-electron chi connectivity index (χ1n) is 8.66. The quantitative estimate of drug-likeness (QED) is 0.464. The van der Waals surface area contributed by atoms with E-state index in [1.165, 1.54) is 18.3 Å². The van der Waals surface area contributed by atoms with Crippen molar-refractivity contribution in [3.05, 3.63) is 51.2 Å². The molecule has 1 heterocycles. The summed E-state index contributed by atoms with van der Waals surface area (Å²) < 4.78 is 35.5. The number of carbonyl (C=O) groups is 2. The lowest BCUT2D eigenvalue weighted by Crippen LogP contribution is -2.23. The van der Waals surface area contributed by atoms with Crippen LogP contribution in [0.5, 0.6) is 5.75 Å². The van der Waals surface area contributed by atoms with Crippen molar-refractivity contribution < 1.29 is 27.5 Å². The fraction of sp³-hybridized carbons (Fsp3) is 0.368. The molecule has 7 nitrogen and oxygen atoms in total. The number of ketones is 1. The Hall–Kier alpha value is -2.23. The Kier molecular flexibility index (Phi) is 7.73. The molecule has 1 N–H and O–H groups in total. The molecule has 0 atom stereocenters. The van der Waals surface area contributed by atoms with Crippen LogP contribution < -0.4 is 9.46 Å². The second-order valence-corrected chi connectivity index (χ2v) is 9.07. The van der Waals surface area contributed by atoms with Crippen molar-refractivity contribution in [2.75, 3.05) is 19.4 Å². The third-order valence-electron chi connectivity index (χ3n) is 3.72. The van der Waals surface area contributed by atoms with E-state index in [-0.39, 0.29) is 18.9 Å². The largest absolute Gasteiger partial charge is 0.493 e. The summed E-state index contributed by atoms with van der Waals surface area (Å²) >= 11 is 1.25. The molecule has 0 saturated carbocycles. The average Bonchev–Trinajstić information content (AvgIpc) is 3.08. The predicted octanol–water partition coefficient (Wildman–Crippen LogP) is 2.80. The predicted molar refractivity (Wildman–Crippen MR) is 108 cm³/mol. The van der Waals surface area contributed by atoms with Crippen LogP contribution in [-0.2, 0) is 27.8 Å².